The number of rotatable bonds is 5. The molecule has 0 aliphatic heterocycles. The van der Waals surface area contributed by atoms with Crippen molar-refractivity contribution in [1.29, 1.82) is 0 Å². The molecule has 25 heavy (non-hydrogen) atoms. The van der Waals surface area contributed by atoms with Gasteiger partial charge in [0.25, 0.3) is 5.89 Å². The predicted octanol–water partition coefficient (Wildman–Crippen LogP) is 4.19. The molecule has 0 spiro atoms. The number of nitrogens with zero attached hydrogens (tertiary/aromatic N) is 3. The molecule has 0 aliphatic rings. The third-order valence-electron chi connectivity index (χ3n) is 3.73. The van der Waals surface area contributed by atoms with Gasteiger partial charge >= 0.3 is 0 Å². The van der Waals surface area contributed by atoms with E-state index in [9.17, 15) is 0 Å². The molecular weight excluding hydrogens is 316 g/mol. The summed E-state index contributed by atoms with van der Waals surface area (Å²) in [7, 11) is 0. The second-order valence-electron chi connectivity index (χ2n) is 5.41. The Kier molecular flexibility index (Phi) is 4.00. The molecule has 0 amide bonds. The largest absolute Gasteiger partial charge is 0.494 e. The van der Waals surface area contributed by atoms with E-state index in [1.54, 1.807) is 0 Å². The van der Waals surface area contributed by atoms with Gasteiger partial charge in [-0.1, -0.05) is 35.5 Å². The molecule has 0 saturated heterocycles. The number of hydrogen-bond acceptors (Lipinski definition) is 5. The van der Waals surface area contributed by atoms with Crippen LogP contribution in [0.2, 0.25) is 0 Å². The van der Waals surface area contributed by atoms with E-state index < -0.39 is 0 Å². The Bertz CT molecular complexity index is 959. The summed E-state index contributed by atoms with van der Waals surface area (Å²) in [6.45, 7) is 2.61. The average Bonchev–Trinajstić information content (AvgIpc) is 3.33. The van der Waals surface area contributed by atoms with Crippen LogP contribution in [0.5, 0.6) is 5.75 Å². The predicted molar refractivity (Wildman–Crippen MR) is 93.9 cm³/mol. The summed E-state index contributed by atoms with van der Waals surface area (Å²) < 4.78 is 10.8. The summed E-state index contributed by atoms with van der Waals surface area (Å²) in [6, 6.07) is 19.4. The number of nitrogens with one attached hydrogen (secondary N) is 1. The molecule has 124 valence electrons. The van der Waals surface area contributed by atoms with Crippen molar-refractivity contribution in [3.8, 4) is 40.0 Å². The van der Waals surface area contributed by atoms with Crippen molar-refractivity contribution in [3.63, 3.8) is 0 Å². The topological polar surface area (TPSA) is 76.8 Å². The van der Waals surface area contributed by atoms with E-state index >= 15 is 0 Å². The molecule has 0 fully saturated rings. The zero-order valence-corrected chi connectivity index (χ0v) is 13.6. The minimum Gasteiger partial charge on any atom is -0.494 e. The molecule has 2 heterocycles. The smallest absolute Gasteiger partial charge is 0.276 e. The van der Waals surface area contributed by atoms with Crippen LogP contribution >= 0.6 is 0 Å². The van der Waals surface area contributed by atoms with Crippen LogP contribution < -0.4 is 4.74 Å². The third kappa shape index (κ3) is 3.14. The van der Waals surface area contributed by atoms with Crippen LogP contribution in [-0.2, 0) is 0 Å². The highest BCUT2D eigenvalue weighted by Gasteiger charge is 2.13. The third-order valence-corrected chi connectivity index (χ3v) is 3.73. The fraction of sp³-hybridized carbons (Fsp3) is 0.105. The van der Waals surface area contributed by atoms with Crippen LogP contribution in [0.3, 0.4) is 0 Å². The Hall–Kier alpha value is -3.41. The van der Waals surface area contributed by atoms with Crippen molar-refractivity contribution in [3.05, 3.63) is 60.7 Å². The number of ether oxygens (including phenoxy) is 1. The zero-order valence-electron chi connectivity index (χ0n) is 13.6. The van der Waals surface area contributed by atoms with Crippen molar-refractivity contribution in [2.45, 2.75) is 6.92 Å². The lowest BCUT2D eigenvalue weighted by Gasteiger charge is -2.02. The lowest BCUT2D eigenvalue weighted by molar-refractivity contribution is 0.340. The minimum absolute atomic E-state index is 0.406. The zero-order chi connectivity index (χ0) is 17.1. The van der Waals surface area contributed by atoms with Crippen LogP contribution in [0.1, 0.15) is 6.92 Å². The van der Waals surface area contributed by atoms with Crippen molar-refractivity contribution in [1.82, 2.24) is 20.3 Å². The van der Waals surface area contributed by atoms with E-state index in [2.05, 4.69) is 20.3 Å². The van der Waals surface area contributed by atoms with Gasteiger partial charge in [0, 0.05) is 11.1 Å². The second kappa shape index (κ2) is 6.60. The fourth-order valence-electron chi connectivity index (χ4n) is 2.51. The average molecular weight is 332 g/mol. The molecule has 1 N–H and O–H groups in total. The normalized spacial score (nSPS) is 10.8. The van der Waals surface area contributed by atoms with Crippen LogP contribution in [-0.4, -0.2) is 26.9 Å². The molecule has 0 saturated carbocycles. The number of aromatic amines is 1. The second-order valence-corrected chi connectivity index (χ2v) is 5.41. The van der Waals surface area contributed by atoms with Gasteiger partial charge in [0.05, 0.1) is 12.3 Å². The van der Waals surface area contributed by atoms with Gasteiger partial charge in [-0.2, -0.15) is 10.1 Å². The number of hydrogen-bond donors (Lipinski definition) is 1. The first kappa shape index (κ1) is 15.1. The Labute approximate surface area is 144 Å². The monoisotopic (exact) mass is 332 g/mol. The Morgan fingerprint density at radius 3 is 2.56 bits per heavy atom. The maximum absolute atomic E-state index is 5.45. The van der Waals surface area contributed by atoms with E-state index in [1.165, 1.54) is 0 Å². The number of benzene rings is 2. The summed E-state index contributed by atoms with van der Waals surface area (Å²) in [5.74, 6) is 1.79. The molecule has 6 nitrogen and oxygen atoms in total. The van der Waals surface area contributed by atoms with E-state index in [-0.39, 0.29) is 0 Å². The summed E-state index contributed by atoms with van der Waals surface area (Å²) in [5, 5.41) is 11.3. The van der Waals surface area contributed by atoms with Crippen molar-refractivity contribution in [2.24, 2.45) is 0 Å². The van der Waals surface area contributed by atoms with Gasteiger partial charge in [-0.25, -0.2) is 0 Å². The first-order valence-corrected chi connectivity index (χ1v) is 8.01. The molecule has 2 aromatic heterocycles. The van der Waals surface area contributed by atoms with Gasteiger partial charge < -0.3 is 9.26 Å². The minimum atomic E-state index is 0.406. The standard InChI is InChI=1S/C19H16N4O2/c1-2-24-15-10-8-13(9-11-15)16-12-17(22-21-16)19-20-18(23-25-19)14-6-4-3-5-7-14/h3-12H,2H2,1H3,(H,21,22). The number of aromatic nitrogens is 4. The lowest BCUT2D eigenvalue weighted by Crippen LogP contribution is -1.90. The maximum atomic E-state index is 5.45. The highest BCUT2D eigenvalue weighted by Crippen LogP contribution is 2.26. The Morgan fingerprint density at radius 1 is 1.00 bits per heavy atom. The van der Waals surface area contributed by atoms with Gasteiger partial charge in [0.15, 0.2) is 0 Å². The molecule has 4 aromatic rings. The number of H-pyrrole nitrogens is 1. The highest BCUT2D eigenvalue weighted by atomic mass is 16.5. The molecular formula is C19H16N4O2. The van der Waals surface area contributed by atoms with Crippen molar-refractivity contribution in [2.75, 3.05) is 6.61 Å². The SMILES string of the molecule is CCOc1ccc(-c2cc(-c3nc(-c4ccccc4)no3)[nH]n2)cc1. The van der Waals surface area contributed by atoms with E-state index in [0.717, 1.165) is 22.6 Å². The quantitative estimate of drug-likeness (QED) is 0.593. The lowest BCUT2D eigenvalue weighted by atomic mass is 10.1. The molecule has 2 aromatic carbocycles. The molecule has 0 unspecified atom stereocenters. The van der Waals surface area contributed by atoms with Gasteiger partial charge in [-0.3, -0.25) is 5.10 Å². The van der Waals surface area contributed by atoms with E-state index in [0.29, 0.717) is 24.0 Å². The Morgan fingerprint density at radius 2 is 1.80 bits per heavy atom. The molecule has 0 radical (unpaired) electrons. The van der Waals surface area contributed by atoms with Gasteiger partial charge in [0.1, 0.15) is 11.4 Å². The summed E-state index contributed by atoms with van der Waals surface area (Å²) in [5.41, 5.74) is 3.37. The fourth-order valence-corrected chi connectivity index (χ4v) is 2.51. The van der Waals surface area contributed by atoms with Gasteiger partial charge in [0.2, 0.25) is 5.82 Å². The summed E-state index contributed by atoms with van der Waals surface area (Å²) in [4.78, 5) is 4.43. The van der Waals surface area contributed by atoms with E-state index in [1.807, 2.05) is 67.6 Å². The van der Waals surface area contributed by atoms with E-state index in [4.69, 9.17) is 9.26 Å². The highest BCUT2D eigenvalue weighted by molar-refractivity contribution is 5.66. The molecule has 6 heteroatoms. The molecule has 4 rings (SSSR count). The molecule has 0 aliphatic carbocycles. The van der Waals surface area contributed by atoms with Gasteiger partial charge in [-0.05, 0) is 37.3 Å². The first-order chi connectivity index (χ1) is 12.3. The van der Waals surface area contributed by atoms with Crippen molar-refractivity contribution >= 4 is 0 Å². The summed E-state index contributed by atoms with van der Waals surface area (Å²) >= 11 is 0. The van der Waals surface area contributed by atoms with Gasteiger partial charge in [-0.15, -0.1) is 0 Å². The first-order valence-electron chi connectivity index (χ1n) is 8.01. The van der Waals surface area contributed by atoms with Crippen LogP contribution in [0.25, 0.3) is 34.2 Å². The Balaban J connectivity index is 1.58. The molecule has 0 bridgehead atoms. The van der Waals surface area contributed by atoms with Crippen LogP contribution in [0.4, 0.5) is 0 Å². The van der Waals surface area contributed by atoms with Crippen LogP contribution in [0, 0.1) is 0 Å². The van der Waals surface area contributed by atoms with Crippen molar-refractivity contribution < 1.29 is 9.26 Å². The molecule has 0 atom stereocenters. The maximum Gasteiger partial charge on any atom is 0.276 e. The van der Waals surface area contributed by atoms with Crippen LogP contribution in [0.15, 0.2) is 65.2 Å². The summed E-state index contributed by atoms with van der Waals surface area (Å²) in [6.07, 6.45) is 0.